The minimum absolute atomic E-state index is 0.149. The van der Waals surface area contributed by atoms with Crippen LogP contribution in [0.15, 0.2) is 84.6 Å². The topological polar surface area (TPSA) is 67.4 Å². The molecule has 30 heavy (non-hydrogen) atoms. The van der Waals surface area contributed by atoms with Crippen LogP contribution in [0.2, 0.25) is 0 Å². The summed E-state index contributed by atoms with van der Waals surface area (Å²) in [6.07, 6.45) is 1.64. The number of amides is 2. The van der Waals surface area contributed by atoms with Crippen molar-refractivity contribution >= 4 is 23.6 Å². The number of ether oxygens (including phenoxy) is 1. The van der Waals surface area contributed by atoms with E-state index in [2.05, 4.69) is 10.6 Å². The lowest BCUT2D eigenvalue weighted by Gasteiger charge is -2.13. The molecule has 0 aromatic heterocycles. The van der Waals surface area contributed by atoms with Crippen molar-refractivity contribution < 1.29 is 14.3 Å². The Morgan fingerprint density at radius 1 is 0.900 bits per heavy atom. The Kier molecular flexibility index (Phi) is 7.00. The van der Waals surface area contributed by atoms with Gasteiger partial charge in [-0.25, -0.2) is 0 Å². The second-order valence-corrected chi connectivity index (χ2v) is 6.65. The first-order valence-corrected chi connectivity index (χ1v) is 9.74. The molecule has 0 radical (unpaired) electrons. The van der Waals surface area contributed by atoms with Crippen molar-refractivity contribution in [2.24, 2.45) is 0 Å². The number of carbonyl (C=O) groups excluding carboxylic acids is 2. The van der Waals surface area contributed by atoms with Crippen molar-refractivity contribution in [2.75, 3.05) is 11.9 Å². The zero-order chi connectivity index (χ0) is 21.3. The van der Waals surface area contributed by atoms with Gasteiger partial charge in [-0.15, -0.1) is 0 Å². The van der Waals surface area contributed by atoms with Gasteiger partial charge in [0.05, 0.1) is 6.61 Å². The zero-order valence-electron chi connectivity index (χ0n) is 17.0. The van der Waals surface area contributed by atoms with E-state index < -0.39 is 5.91 Å². The van der Waals surface area contributed by atoms with Gasteiger partial charge in [-0.3, -0.25) is 9.59 Å². The Labute approximate surface area is 176 Å². The molecule has 0 saturated heterocycles. The molecule has 2 amide bonds. The highest BCUT2D eigenvalue weighted by Gasteiger charge is 2.15. The lowest BCUT2D eigenvalue weighted by molar-refractivity contribution is -0.113. The van der Waals surface area contributed by atoms with Gasteiger partial charge in [0.15, 0.2) is 0 Å². The Morgan fingerprint density at radius 3 is 2.23 bits per heavy atom. The number of benzene rings is 3. The standard InChI is InChI=1S/C25H24N2O3/c1-3-30-21-15-13-19(14-16-21)17-23(27-24(28)20-10-5-4-6-11-20)25(29)26-22-12-8-7-9-18(22)2/h4-17H,3H2,1-2H3,(H,26,29)(H,27,28)/b23-17-. The largest absolute Gasteiger partial charge is 0.494 e. The first kappa shape index (κ1) is 20.9. The van der Waals surface area contributed by atoms with Gasteiger partial charge in [0.1, 0.15) is 11.4 Å². The van der Waals surface area contributed by atoms with Crippen molar-refractivity contribution in [2.45, 2.75) is 13.8 Å². The highest BCUT2D eigenvalue weighted by molar-refractivity contribution is 6.10. The summed E-state index contributed by atoms with van der Waals surface area (Å²) in [7, 11) is 0. The Balaban J connectivity index is 1.88. The molecule has 0 atom stereocenters. The van der Waals surface area contributed by atoms with Crippen LogP contribution in [0.1, 0.15) is 28.4 Å². The maximum atomic E-state index is 13.0. The number of aryl methyl sites for hydroxylation is 1. The summed E-state index contributed by atoms with van der Waals surface area (Å²) in [6.45, 7) is 4.40. The number of anilines is 1. The van der Waals surface area contributed by atoms with Crippen LogP contribution in [0.4, 0.5) is 5.69 Å². The Hall–Kier alpha value is -3.86. The van der Waals surface area contributed by atoms with E-state index in [1.807, 2.05) is 68.4 Å². The predicted octanol–water partition coefficient (Wildman–Crippen LogP) is 4.80. The van der Waals surface area contributed by atoms with Crippen molar-refractivity contribution in [3.05, 3.63) is 101 Å². The summed E-state index contributed by atoms with van der Waals surface area (Å²) < 4.78 is 5.46. The molecule has 0 spiro atoms. The highest BCUT2D eigenvalue weighted by atomic mass is 16.5. The predicted molar refractivity (Wildman–Crippen MR) is 119 cm³/mol. The van der Waals surface area contributed by atoms with Gasteiger partial charge in [0.2, 0.25) is 0 Å². The third-order valence-corrected chi connectivity index (χ3v) is 4.42. The van der Waals surface area contributed by atoms with E-state index in [9.17, 15) is 9.59 Å². The van der Waals surface area contributed by atoms with E-state index in [1.54, 1.807) is 30.3 Å². The smallest absolute Gasteiger partial charge is 0.272 e. The molecule has 0 heterocycles. The van der Waals surface area contributed by atoms with E-state index in [4.69, 9.17) is 4.74 Å². The third kappa shape index (κ3) is 5.58. The maximum Gasteiger partial charge on any atom is 0.272 e. The number of nitrogens with one attached hydrogen (secondary N) is 2. The molecular weight excluding hydrogens is 376 g/mol. The fourth-order valence-electron chi connectivity index (χ4n) is 2.84. The Morgan fingerprint density at radius 2 is 1.57 bits per heavy atom. The van der Waals surface area contributed by atoms with Crippen LogP contribution in [0, 0.1) is 6.92 Å². The van der Waals surface area contributed by atoms with Gasteiger partial charge in [-0.1, -0.05) is 48.5 Å². The normalized spacial score (nSPS) is 10.9. The van der Waals surface area contributed by atoms with Crippen LogP contribution in [0.3, 0.4) is 0 Å². The lowest BCUT2D eigenvalue weighted by Crippen LogP contribution is -2.30. The molecule has 0 bridgehead atoms. The lowest BCUT2D eigenvalue weighted by atomic mass is 10.1. The quantitative estimate of drug-likeness (QED) is 0.560. The van der Waals surface area contributed by atoms with E-state index in [1.165, 1.54) is 0 Å². The molecule has 2 N–H and O–H groups in total. The number of hydrogen-bond acceptors (Lipinski definition) is 3. The van der Waals surface area contributed by atoms with Gasteiger partial charge in [-0.2, -0.15) is 0 Å². The average Bonchev–Trinajstić information content (AvgIpc) is 2.77. The Bertz CT molecular complexity index is 1040. The number of hydrogen-bond donors (Lipinski definition) is 2. The first-order chi connectivity index (χ1) is 14.6. The maximum absolute atomic E-state index is 13.0. The van der Waals surface area contributed by atoms with Crippen molar-refractivity contribution in [1.29, 1.82) is 0 Å². The summed E-state index contributed by atoms with van der Waals surface area (Å²) in [5.74, 6) is -0.0101. The number of carbonyl (C=O) groups is 2. The van der Waals surface area contributed by atoms with Gasteiger partial charge in [-0.05, 0) is 61.4 Å². The molecule has 5 heteroatoms. The van der Waals surface area contributed by atoms with Crippen LogP contribution in [-0.2, 0) is 4.79 Å². The second-order valence-electron chi connectivity index (χ2n) is 6.65. The van der Waals surface area contributed by atoms with E-state index in [-0.39, 0.29) is 11.6 Å². The molecule has 0 unspecified atom stereocenters. The molecule has 0 saturated carbocycles. The number of rotatable bonds is 7. The van der Waals surface area contributed by atoms with E-state index in [0.717, 1.165) is 16.9 Å². The first-order valence-electron chi connectivity index (χ1n) is 9.74. The van der Waals surface area contributed by atoms with Crippen LogP contribution in [0.5, 0.6) is 5.75 Å². The molecule has 0 aliphatic carbocycles. The summed E-state index contributed by atoms with van der Waals surface area (Å²) in [5, 5.41) is 5.61. The van der Waals surface area contributed by atoms with Crippen molar-refractivity contribution in [1.82, 2.24) is 5.32 Å². The minimum Gasteiger partial charge on any atom is -0.494 e. The summed E-state index contributed by atoms with van der Waals surface area (Å²) in [5.41, 5.74) is 3.01. The molecule has 0 aliphatic rings. The summed E-state index contributed by atoms with van der Waals surface area (Å²) >= 11 is 0. The number of para-hydroxylation sites is 1. The monoisotopic (exact) mass is 400 g/mol. The third-order valence-electron chi connectivity index (χ3n) is 4.42. The van der Waals surface area contributed by atoms with Crippen LogP contribution < -0.4 is 15.4 Å². The molecule has 3 aromatic rings. The molecule has 5 nitrogen and oxygen atoms in total. The summed E-state index contributed by atoms with van der Waals surface area (Å²) in [6, 6.07) is 23.6. The second kappa shape index (κ2) is 10.1. The highest BCUT2D eigenvalue weighted by Crippen LogP contribution is 2.17. The van der Waals surface area contributed by atoms with Crippen LogP contribution in [0.25, 0.3) is 6.08 Å². The van der Waals surface area contributed by atoms with Crippen molar-refractivity contribution in [3.8, 4) is 5.75 Å². The van der Waals surface area contributed by atoms with Gasteiger partial charge >= 0.3 is 0 Å². The zero-order valence-corrected chi connectivity index (χ0v) is 17.0. The van der Waals surface area contributed by atoms with Crippen LogP contribution >= 0.6 is 0 Å². The SMILES string of the molecule is CCOc1ccc(/C=C(\NC(=O)c2ccccc2)C(=O)Nc2ccccc2C)cc1. The fraction of sp³-hybridized carbons (Fsp3) is 0.120. The molecule has 3 aromatic carbocycles. The van der Waals surface area contributed by atoms with Crippen LogP contribution in [-0.4, -0.2) is 18.4 Å². The van der Waals surface area contributed by atoms with E-state index in [0.29, 0.717) is 17.9 Å². The minimum atomic E-state index is -0.400. The van der Waals surface area contributed by atoms with Gasteiger partial charge < -0.3 is 15.4 Å². The molecule has 0 fully saturated rings. The van der Waals surface area contributed by atoms with Gasteiger partial charge in [0.25, 0.3) is 11.8 Å². The molecule has 3 rings (SSSR count). The molecule has 0 aliphatic heterocycles. The van der Waals surface area contributed by atoms with E-state index >= 15 is 0 Å². The summed E-state index contributed by atoms with van der Waals surface area (Å²) in [4.78, 5) is 25.6. The average molecular weight is 400 g/mol. The molecular formula is C25H24N2O3. The van der Waals surface area contributed by atoms with Crippen molar-refractivity contribution in [3.63, 3.8) is 0 Å². The fourth-order valence-corrected chi connectivity index (χ4v) is 2.84. The van der Waals surface area contributed by atoms with Gasteiger partial charge in [0, 0.05) is 11.3 Å². The molecule has 152 valence electrons.